The van der Waals surface area contributed by atoms with Crippen molar-refractivity contribution in [2.75, 3.05) is 0 Å². The zero-order chi connectivity index (χ0) is 12.9. The molecule has 1 unspecified atom stereocenters. The fraction of sp³-hybridized carbons (Fsp3) is 0.333. The lowest BCUT2D eigenvalue weighted by Crippen LogP contribution is -2.20. The summed E-state index contributed by atoms with van der Waals surface area (Å²) in [5.41, 5.74) is -0.711. The van der Waals surface area contributed by atoms with Gasteiger partial charge in [-0.2, -0.15) is 10.5 Å². The molecule has 1 atom stereocenters. The molecule has 0 saturated carbocycles. The average molecular weight is 229 g/mol. The van der Waals surface area contributed by atoms with Gasteiger partial charge in [-0.05, 0) is 13.3 Å². The standard InChI is InChI=1S/C12H11N3O2/c1-12(9-14,7-4-8-13)10-5-2-3-6-11(10)15(16)17/h2-3,5-6H,4,7H2,1H3. The molecule has 0 aliphatic carbocycles. The molecular weight excluding hydrogens is 218 g/mol. The van der Waals surface area contributed by atoms with Gasteiger partial charge in [0.1, 0.15) is 0 Å². The molecule has 0 spiro atoms. The van der Waals surface area contributed by atoms with Crippen molar-refractivity contribution >= 4 is 5.69 Å². The molecule has 0 amide bonds. The summed E-state index contributed by atoms with van der Waals surface area (Å²) >= 11 is 0. The van der Waals surface area contributed by atoms with Crippen LogP contribution in [0.25, 0.3) is 0 Å². The van der Waals surface area contributed by atoms with E-state index in [1.165, 1.54) is 6.07 Å². The SMILES string of the molecule is CC(C#N)(CCC#N)c1ccccc1[N+](=O)[O-]. The van der Waals surface area contributed by atoms with Crippen molar-refractivity contribution in [2.24, 2.45) is 0 Å². The van der Waals surface area contributed by atoms with E-state index in [0.29, 0.717) is 5.56 Å². The van der Waals surface area contributed by atoms with E-state index in [1.807, 2.05) is 6.07 Å². The summed E-state index contributed by atoms with van der Waals surface area (Å²) in [6.07, 6.45) is 0.473. The summed E-state index contributed by atoms with van der Waals surface area (Å²) in [5, 5.41) is 28.6. The third-order valence-corrected chi connectivity index (χ3v) is 2.68. The van der Waals surface area contributed by atoms with Crippen molar-refractivity contribution in [3.8, 4) is 12.1 Å². The van der Waals surface area contributed by atoms with Gasteiger partial charge in [-0.1, -0.05) is 18.2 Å². The smallest absolute Gasteiger partial charge is 0.258 e. The van der Waals surface area contributed by atoms with Crippen molar-refractivity contribution in [3.63, 3.8) is 0 Å². The van der Waals surface area contributed by atoms with Crippen LogP contribution in [0.2, 0.25) is 0 Å². The third-order valence-electron chi connectivity index (χ3n) is 2.68. The number of nitrogens with zero attached hydrogens (tertiary/aromatic N) is 3. The lowest BCUT2D eigenvalue weighted by molar-refractivity contribution is -0.385. The normalized spacial score (nSPS) is 13.1. The topological polar surface area (TPSA) is 90.7 Å². The fourth-order valence-corrected chi connectivity index (χ4v) is 1.66. The van der Waals surface area contributed by atoms with Gasteiger partial charge in [0.25, 0.3) is 5.69 Å². The Bertz CT molecular complexity index is 513. The summed E-state index contributed by atoms with van der Waals surface area (Å²) in [7, 11) is 0. The monoisotopic (exact) mass is 229 g/mol. The van der Waals surface area contributed by atoms with Crippen molar-refractivity contribution in [1.29, 1.82) is 10.5 Å². The maximum atomic E-state index is 10.9. The van der Waals surface area contributed by atoms with Crippen LogP contribution in [-0.4, -0.2) is 4.92 Å². The number of hydrogen-bond acceptors (Lipinski definition) is 4. The molecule has 0 heterocycles. The van der Waals surface area contributed by atoms with Gasteiger partial charge >= 0.3 is 0 Å². The van der Waals surface area contributed by atoms with Gasteiger partial charge < -0.3 is 0 Å². The van der Waals surface area contributed by atoms with Crippen LogP contribution in [0.15, 0.2) is 24.3 Å². The Morgan fingerprint density at radius 3 is 2.59 bits per heavy atom. The van der Waals surface area contributed by atoms with Crippen LogP contribution in [0.5, 0.6) is 0 Å². The predicted molar refractivity (Wildman–Crippen MR) is 60.9 cm³/mol. The highest BCUT2D eigenvalue weighted by Crippen LogP contribution is 2.34. The Morgan fingerprint density at radius 1 is 1.41 bits per heavy atom. The minimum Gasteiger partial charge on any atom is -0.258 e. The molecule has 0 aromatic heterocycles. The molecule has 5 nitrogen and oxygen atoms in total. The first-order valence-corrected chi connectivity index (χ1v) is 5.07. The molecule has 0 saturated heterocycles. The first kappa shape index (κ1) is 12.7. The van der Waals surface area contributed by atoms with E-state index in [9.17, 15) is 15.4 Å². The van der Waals surface area contributed by atoms with Crippen molar-refractivity contribution in [1.82, 2.24) is 0 Å². The zero-order valence-corrected chi connectivity index (χ0v) is 9.38. The van der Waals surface area contributed by atoms with E-state index in [1.54, 1.807) is 25.1 Å². The second-order valence-corrected chi connectivity index (χ2v) is 3.88. The molecule has 0 aliphatic heterocycles. The summed E-state index contributed by atoms with van der Waals surface area (Å²) in [4.78, 5) is 10.4. The second-order valence-electron chi connectivity index (χ2n) is 3.88. The Labute approximate surface area is 99.1 Å². The summed E-state index contributed by atoms with van der Waals surface area (Å²) in [5.74, 6) is 0. The van der Waals surface area contributed by atoms with Crippen molar-refractivity contribution in [2.45, 2.75) is 25.2 Å². The number of nitriles is 2. The highest BCUT2D eigenvalue weighted by Gasteiger charge is 2.32. The van der Waals surface area contributed by atoms with E-state index >= 15 is 0 Å². The minimum atomic E-state index is -1.00. The maximum absolute atomic E-state index is 10.9. The van der Waals surface area contributed by atoms with Crippen LogP contribution in [0.3, 0.4) is 0 Å². The van der Waals surface area contributed by atoms with Crippen LogP contribution < -0.4 is 0 Å². The van der Waals surface area contributed by atoms with Crippen LogP contribution in [0.1, 0.15) is 25.3 Å². The molecule has 1 aromatic rings. The quantitative estimate of drug-likeness (QED) is 0.586. The number of nitro groups is 1. The lowest BCUT2D eigenvalue weighted by atomic mass is 9.79. The van der Waals surface area contributed by atoms with Gasteiger partial charge in [0.05, 0.1) is 22.5 Å². The second kappa shape index (κ2) is 5.09. The van der Waals surface area contributed by atoms with Gasteiger partial charge in [0.15, 0.2) is 0 Å². The maximum Gasteiger partial charge on any atom is 0.274 e. The fourth-order valence-electron chi connectivity index (χ4n) is 1.66. The molecule has 0 fully saturated rings. The Balaban J connectivity index is 3.26. The van der Waals surface area contributed by atoms with E-state index in [4.69, 9.17) is 5.26 Å². The summed E-state index contributed by atoms with van der Waals surface area (Å²) in [6.45, 7) is 1.62. The summed E-state index contributed by atoms with van der Waals surface area (Å²) in [6, 6.07) is 10.2. The van der Waals surface area contributed by atoms with Crippen LogP contribution in [0, 0.1) is 32.8 Å². The third kappa shape index (κ3) is 2.59. The molecule has 1 aromatic carbocycles. The van der Waals surface area contributed by atoms with Gasteiger partial charge in [-0.15, -0.1) is 0 Å². The lowest BCUT2D eigenvalue weighted by Gasteiger charge is -2.20. The highest BCUT2D eigenvalue weighted by atomic mass is 16.6. The Hall–Kier alpha value is -2.40. The first-order chi connectivity index (χ1) is 8.05. The van der Waals surface area contributed by atoms with Gasteiger partial charge in [0.2, 0.25) is 0 Å². The molecule has 0 N–H and O–H groups in total. The van der Waals surface area contributed by atoms with Gasteiger partial charge in [0, 0.05) is 18.1 Å². The molecule has 86 valence electrons. The largest absolute Gasteiger partial charge is 0.274 e. The molecule has 0 bridgehead atoms. The molecule has 5 heteroatoms. The van der Waals surface area contributed by atoms with Crippen LogP contribution >= 0.6 is 0 Å². The number of nitro benzene ring substituents is 1. The molecule has 1 rings (SSSR count). The van der Waals surface area contributed by atoms with Crippen molar-refractivity contribution in [3.05, 3.63) is 39.9 Å². The predicted octanol–water partition coefficient (Wildman–Crippen LogP) is 2.68. The Morgan fingerprint density at radius 2 is 2.06 bits per heavy atom. The zero-order valence-electron chi connectivity index (χ0n) is 9.38. The van der Waals surface area contributed by atoms with E-state index in [0.717, 1.165) is 0 Å². The number of para-hydroxylation sites is 1. The van der Waals surface area contributed by atoms with Crippen LogP contribution in [-0.2, 0) is 5.41 Å². The van der Waals surface area contributed by atoms with E-state index in [-0.39, 0.29) is 18.5 Å². The van der Waals surface area contributed by atoms with Gasteiger partial charge in [-0.25, -0.2) is 0 Å². The minimum absolute atomic E-state index is 0.0745. The van der Waals surface area contributed by atoms with E-state index < -0.39 is 10.3 Å². The number of benzene rings is 1. The molecule has 17 heavy (non-hydrogen) atoms. The summed E-state index contributed by atoms with van der Waals surface area (Å²) < 4.78 is 0. The molecular formula is C12H11N3O2. The molecule has 0 aliphatic rings. The van der Waals surface area contributed by atoms with Crippen LogP contribution in [0.4, 0.5) is 5.69 Å². The number of hydrogen-bond donors (Lipinski definition) is 0. The first-order valence-electron chi connectivity index (χ1n) is 5.07. The highest BCUT2D eigenvalue weighted by molar-refractivity contribution is 5.47. The average Bonchev–Trinajstić information content (AvgIpc) is 2.36. The number of rotatable bonds is 4. The molecule has 0 radical (unpaired) electrons. The van der Waals surface area contributed by atoms with Gasteiger partial charge in [-0.3, -0.25) is 10.1 Å². The van der Waals surface area contributed by atoms with E-state index in [2.05, 4.69) is 6.07 Å². The van der Waals surface area contributed by atoms with Crippen molar-refractivity contribution < 1.29 is 4.92 Å². The Kier molecular flexibility index (Phi) is 3.79.